The first kappa shape index (κ1) is 16.4. The van der Waals surface area contributed by atoms with Gasteiger partial charge in [0, 0.05) is 51.0 Å². The van der Waals surface area contributed by atoms with Crippen LogP contribution in [0.5, 0.6) is 0 Å². The molecule has 0 spiro atoms. The van der Waals surface area contributed by atoms with E-state index >= 15 is 0 Å². The molecule has 0 aliphatic carbocycles. The molecule has 1 unspecified atom stereocenters. The monoisotopic (exact) mass is 310 g/mol. The van der Waals surface area contributed by atoms with Gasteiger partial charge in [0.05, 0.1) is 11.4 Å². The van der Waals surface area contributed by atoms with Crippen molar-refractivity contribution < 1.29 is 4.79 Å². The zero-order valence-corrected chi connectivity index (χ0v) is 14.1. The Balaban J connectivity index is 1.87. The minimum atomic E-state index is 0.0688. The Morgan fingerprint density at radius 2 is 2.19 bits per heavy atom. The Bertz CT molecular complexity index is 462. The zero-order chi connectivity index (χ0) is 15.2. The van der Waals surface area contributed by atoms with E-state index in [1.807, 2.05) is 29.0 Å². The number of thioether (sulfide) groups is 1. The Morgan fingerprint density at radius 1 is 1.38 bits per heavy atom. The molecule has 6 heteroatoms. The molecule has 1 fully saturated rings. The second-order valence-electron chi connectivity index (χ2n) is 5.54. The number of amides is 1. The van der Waals surface area contributed by atoms with Gasteiger partial charge in [-0.05, 0) is 26.5 Å². The molecule has 1 aromatic heterocycles. The van der Waals surface area contributed by atoms with Crippen LogP contribution < -0.4 is 0 Å². The fourth-order valence-electron chi connectivity index (χ4n) is 2.63. The molecule has 118 valence electrons. The quantitative estimate of drug-likeness (QED) is 0.830. The highest BCUT2D eigenvalue weighted by Crippen LogP contribution is 2.13. The lowest BCUT2D eigenvalue weighted by atomic mass is 10.3. The standard InChI is InChI=1S/C15H26N4OS/c1-4-19-12-14(10-16-19)11-17-6-5-7-18(9-8-17)15(20)13(2)21-3/h10,12-13H,4-9,11H2,1-3H3. The van der Waals surface area contributed by atoms with E-state index in [4.69, 9.17) is 0 Å². The van der Waals surface area contributed by atoms with E-state index in [1.165, 1.54) is 5.56 Å². The molecule has 0 bridgehead atoms. The molecular formula is C15H26N4OS. The summed E-state index contributed by atoms with van der Waals surface area (Å²) in [5.41, 5.74) is 1.26. The van der Waals surface area contributed by atoms with Crippen molar-refractivity contribution in [3.05, 3.63) is 18.0 Å². The summed E-state index contributed by atoms with van der Waals surface area (Å²) < 4.78 is 1.96. The van der Waals surface area contributed by atoms with Crippen LogP contribution in [-0.2, 0) is 17.9 Å². The molecule has 2 rings (SSSR count). The second kappa shape index (κ2) is 7.84. The van der Waals surface area contributed by atoms with Crippen LogP contribution in [0, 0.1) is 0 Å². The molecule has 0 saturated carbocycles. The first-order chi connectivity index (χ1) is 10.1. The summed E-state index contributed by atoms with van der Waals surface area (Å²) in [6.07, 6.45) is 7.11. The van der Waals surface area contributed by atoms with E-state index < -0.39 is 0 Å². The number of hydrogen-bond acceptors (Lipinski definition) is 4. The van der Waals surface area contributed by atoms with Crippen LogP contribution in [0.2, 0.25) is 0 Å². The molecule has 1 aromatic rings. The Morgan fingerprint density at radius 3 is 2.86 bits per heavy atom. The summed E-state index contributed by atoms with van der Waals surface area (Å²) in [5, 5.41) is 4.39. The van der Waals surface area contributed by atoms with Crippen molar-refractivity contribution in [3.63, 3.8) is 0 Å². The fraction of sp³-hybridized carbons (Fsp3) is 0.733. The minimum Gasteiger partial charge on any atom is -0.340 e. The van der Waals surface area contributed by atoms with E-state index in [1.54, 1.807) is 11.8 Å². The van der Waals surface area contributed by atoms with Crippen molar-refractivity contribution >= 4 is 17.7 Å². The molecular weight excluding hydrogens is 284 g/mol. The fourth-order valence-corrected chi connectivity index (χ4v) is 2.98. The number of aryl methyl sites for hydroxylation is 1. The highest BCUT2D eigenvalue weighted by atomic mass is 32.2. The highest BCUT2D eigenvalue weighted by molar-refractivity contribution is 7.99. The number of hydrogen-bond donors (Lipinski definition) is 0. The summed E-state index contributed by atoms with van der Waals surface area (Å²) in [6, 6.07) is 0. The maximum Gasteiger partial charge on any atom is 0.235 e. The summed E-state index contributed by atoms with van der Waals surface area (Å²) in [5.74, 6) is 0.281. The van der Waals surface area contributed by atoms with Crippen molar-refractivity contribution in [3.8, 4) is 0 Å². The van der Waals surface area contributed by atoms with Gasteiger partial charge in [-0.2, -0.15) is 16.9 Å². The molecule has 1 aliphatic rings. The topological polar surface area (TPSA) is 41.4 Å². The normalized spacial score (nSPS) is 18.5. The first-order valence-electron chi connectivity index (χ1n) is 7.69. The van der Waals surface area contributed by atoms with Crippen molar-refractivity contribution in [2.45, 2.75) is 38.6 Å². The van der Waals surface area contributed by atoms with Gasteiger partial charge < -0.3 is 4.90 Å². The van der Waals surface area contributed by atoms with Gasteiger partial charge in [0.15, 0.2) is 0 Å². The summed E-state index contributed by atoms with van der Waals surface area (Å²) in [4.78, 5) is 16.7. The highest BCUT2D eigenvalue weighted by Gasteiger charge is 2.22. The lowest BCUT2D eigenvalue weighted by molar-refractivity contribution is -0.130. The van der Waals surface area contributed by atoms with Crippen molar-refractivity contribution in [2.75, 3.05) is 32.4 Å². The molecule has 1 saturated heterocycles. The SMILES string of the molecule is CCn1cc(CN2CCCN(C(=O)C(C)SC)CC2)cn1. The maximum absolute atomic E-state index is 12.3. The largest absolute Gasteiger partial charge is 0.340 e. The van der Waals surface area contributed by atoms with Crippen LogP contribution in [0.1, 0.15) is 25.8 Å². The molecule has 1 atom stereocenters. The van der Waals surface area contributed by atoms with Gasteiger partial charge in [-0.1, -0.05) is 0 Å². The van der Waals surface area contributed by atoms with Crippen LogP contribution in [-0.4, -0.2) is 63.2 Å². The molecule has 0 N–H and O–H groups in total. The van der Waals surface area contributed by atoms with E-state index in [0.29, 0.717) is 0 Å². The second-order valence-corrected chi connectivity index (χ2v) is 6.72. The third kappa shape index (κ3) is 4.48. The van der Waals surface area contributed by atoms with Gasteiger partial charge in [-0.15, -0.1) is 0 Å². The Labute approximate surface area is 131 Å². The summed E-state index contributed by atoms with van der Waals surface area (Å²) in [7, 11) is 0. The minimum absolute atomic E-state index is 0.0688. The van der Waals surface area contributed by atoms with Crippen molar-refractivity contribution in [1.29, 1.82) is 0 Å². The van der Waals surface area contributed by atoms with E-state index in [9.17, 15) is 4.79 Å². The average Bonchev–Trinajstić information content (AvgIpc) is 2.83. The number of carbonyl (C=O) groups excluding carboxylic acids is 1. The predicted octanol–water partition coefficient (Wildman–Crippen LogP) is 1.69. The molecule has 5 nitrogen and oxygen atoms in total. The molecule has 21 heavy (non-hydrogen) atoms. The van der Waals surface area contributed by atoms with E-state index in [2.05, 4.69) is 23.1 Å². The summed E-state index contributed by atoms with van der Waals surface area (Å²) in [6.45, 7) is 9.65. The smallest absolute Gasteiger partial charge is 0.235 e. The number of aromatic nitrogens is 2. The maximum atomic E-state index is 12.3. The van der Waals surface area contributed by atoms with Gasteiger partial charge in [0.1, 0.15) is 0 Å². The van der Waals surface area contributed by atoms with Crippen LogP contribution in [0.3, 0.4) is 0 Å². The van der Waals surface area contributed by atoms with E-state index in [0.717, 1.165) is 45.7 Å². The predicted molar refractivity (Wildman–Crippen MR) is 87.4 cm³/mol. The van der Waals surface area contributed by atoms with Gasteiger partial charge in [-0.25, -0.2) is 0 Å². The van der Waals surface area contributed by atoms with Gasteiger partial charge in [-0.3, -0.25) is 14.4 Å². The molecule has 2 heterocycles. The molecule has 0 aromatic carbocycles. The lowest BCUT2D eigenvalue weighted by Crippen LogP contribution is -2.39. The van der Waals surface area contributed by atoms with Gasteiger partial charge in [0.25, 0.3) is 0 Å². The molecule has 1 amide bonds. The Hall–Kier alpha value is -1.01. The number of rotatable bonds is 5. The van der Waals surface area contributed by atoms with Crippen LogP contribution in [0.4, 0.5) is 0 Å². The third-order valence-corrected chi connectivity index (χ3v) is 4.93. The number of carbonyl (C=O) groups is 1. The molecule has 0 radical (unpaired) electrons. The van der Waals surface area contributed by atoms with Crippen molar-refractivity contribution in [2.24, 2.45) is 0 Å². The number of nitrogens with zero attached hydrogens (tertiary/aromatic N) is 4. The van der Waals surface area contributed by atoms with Crippen LogP contribution in [0.15, 0.2) is 12.4 Å². The van der Waals surface area contributed by atoms with E-state index in [-0.39, 0.29) is 11.2 Å². The van der Waals surface area contributed by atoms with Crippen LogP contribution in [0.25, 0.3) is 0 Å². The molecule has 1 aliphatic heterocycles. The van der Waals surface area contributed by atoms with Crippen molar-refractivity contribution in [1.82, 2.24) is 19.6 Å². The lowest BCUT2D eigenvalue weighted by Gasteiger charge is -2.23. The Kier molecular flexibility index (Phi) is 6.11. The third-order valence-electron chi connectivity index (χ3n) is 4.02. The summed E-state index contributed by atoms with van der Waals surface area (Å²) >= 11 is 1.63. The van der Waals surface area contributed by atoms with Crippen LogP contribution >= 0.6 is 11.8 Å². The first-order valence-corrected chi connectivity index (χ1v) is 8.98. The average molecular weight is 310 g/mol. The van der Waals surface area contributed by atoms with Gasteiger partial charge in [0.2, 0.25) is 5.91 Å². The van der Waals surface area contributed by atoms with Gasteiger partial charge >= 0.3 is 0 Å². The zero-order valence-electron chi connectivity index (χ0n) is 13.3.